The largest absolute Gasteiger partial charge is 0.481 e. The third-order valence-electron chi connectivity index (χ3n) is 4.33. The monoisotopic (exact) mass is 254 g/mol. The van der Waals surface area contributed by atoms with E-state index in [2.05, 4.69) is 6.92 Å². The Bertz CT molecular complexity index is 339. The molecule has 2 aliphatic rings. The summed E-state index contributed by atoms with van der Waals surface area (Å²) in [5, 5.41) is 8.92. The first kappa shape index (κ1) is 13.2. The van der Waals surface area contributed by atoms with Crippen molar-refractivity contribution >= 4 is 12.0 Å². The van der Waals surface area contributed by atoms with E-state index in [9.17, 15) is 9.59 Å². The minimum atomic E-state index is -0.765. The SMILES string of the molecule is CC(C(=O)O)C1CN(C(=O)N2CCCCC2C)C1. The lowest BCUT2D eigenvalue weighted by molar-refractivity contribution is -0.145. The van der Waals surface area contributed by atoms with E-state index in [1.807, 2.05) is 4.90 Å². The molecular formula is C13H22N2O3. The third-order valence-corrected chi connectivity index (χ3v) is 4.33. The van der Waals surface area contributed by atoms with Gasteiger partial charge in [-0.25, -0.2) is 4.79 Å². The molecule has 2 amide bonds. The van der Waals surface area contributed by atoms with Crippen molar-refractivity contribution in [1.29, 1.82) is 0 Å². The molecule has 2 atom stereocenters. The van der Waals surface area contributed by atoms with E-state index in [1.54, 1.807) is 11.8 Å². The highest BCUT2D eigenvalue weighted by Gasteiger charge is 2.39. The van der Waals surface area contributed by atoms with Crippen LogP contribution in [0.5, 0.6) is 0 Å². The van der Waals surface area contributed by atoms with Gasteiger partial charge in [0, 0.05) is 31.6 Å². The van der Waals surface area contributed by atoms with Crippen LogP contribution in [-0.4, -0.2) is 52.6 Å². The van der Waals surface area contributed by atoms with E-state index >= 15 is 0 Å². The second kappa shape index (κ2) is 5.16. The first-order valence-electron chi connectivity index (χ1n) is 6.79. The summed E-state index contributed by atoms with van der Waals surface area (Å²) in [6, 6.07) is 0.415. The van der Waals surface area contributed by atoms with Crippen molar-refractivity contribution in [3.05, 3.63) is 0 Å². The summed E-state index contributed by atoms with van der Waals surface area (Å²) in [6.45, 7) is 5.84. The molecule has 0 aliphatic carbocycles. The van der Waals surface area contributed by atoms with E-state index in [-0.39, 0.29) is 17.9 Å². The van der Waals surface area contributed by atoms with E-state index < -0.39 is 5.97 Å². The van der Waals surface area contributed by atoms with Crippen LogP contribution in [0.3, 0.4) is 0 Å². The molecular weight excluding hydrogens is 232 g/mol. The molecule has 1 N–H and O–H groups in total. The summed E-state index contributed by atoms with van der Waals surface area (Å²) in [6.07, 6.45) is 3.36. The molecule has 0 radical (unpaired) electrons. The Hall–Kier alpha value is -1.26. The minimum absolute atomic E-state index is 0.0936. The molecule has 2 unspecified atom stereocenters. The van der Waals surface area contributed by atoms with Crippen LogP contribution in [0.15, 0.2) is 0 Å². The number of likely N-dealkylation sites (tertiary alicyclic amines) is 2. The lowest BCUT2D eigenvalue weighted by Crippen LogP contribution is -2.59. The molecule has 0 aromatic carbocycles. The molecule has 0 spiro atoms. The zero-order valence-electron chi connectivity index (χ0n) is 11.1. The van der Waals surface area contributed by atoms with Gasteiger partial charge in [-0.2, -0.15) is 0 Å². The number of carbonyl (C=O) groups is 2. The van der Waals surface area contributed by atoms with Crippen molar-refractivity contribution in [2.75, 3.05) is 19.6 Å². The van der Waals surface area contributed by atoms with E-state index in [1.165, 1.54) is 6.42 Å². The molecule has 2 fully saturated rings. The number of nitrogens with zero attached hydrogens (tertiary/aromatic N) is 2. The second-order valence-corrected chi connectivity index (χ2v) is 5.61. The van der Waals surface area contributed by atoms with Gasteiger partial charge in [-0.1, -0.05) is 6.92 Å². The zero-order valence-corrected chi connectivity index (χ0v) is 11.1. The number of urea groups is 1. The number of piperidine rings is 1. The molecule has 2 heterocycles. The molecule has 5 heteroatoms. The average Bonchev–Trinajstić information content (AvgIpc) is 2.27. The van der Waals surface area contributed by atoms with Gasteiger partial charge < -0.3 is 14.9 Å². The van der Waals surface area contributed by atoms with Gasteiger partial charge in [0.1, 0.15) is 0 Å². The zero-order chi connectivity index (χ0) is 13.3. The number of rotatable bonds is 2. The topological polar surface area (TPSA) is 60.9 Å². The maximum absolute atomic E-state index is 12.2. The lowest BCUT2D eigenvalue weighted by Gasteiger charge is -2.45. The van der Waals surface area contributed by atoms with Gasteiger partial charge >= 0.3 is 12.0 Å². The van der Waals surface area contributed by atoms with Crippen molar-refractivity contribution in [2.24, 2.45) is 11.8 Å². The summed E-state index contributed by atoms with van der Waals surface area (Å²) < 4.78 is 0. The number of hydrogen-bond acceptors (Lipinski definition) is 2. The molecule has 2 aliphatic heterocycles. The third kappa shape index (κ3) is 2.44. The van der Waals surface area contributed by atoms with E-state index in [0.717, 1.165) is 19.4 Å². The van der Waals surface area contributed by atoms with Gasteiger partial charge in [0.15, 0.2) is 0 Å². The summed E-state index contributed by atoms with van der Waals surface area (Å²) >= 11 is 0. The minimum Gasteiger partial charge on any atom is -0.481 e. The summed E-state index contributed by atoms with van der Waals surface area (Å²) in [7, 11) is 0. The molecule has 2 rings (SSSR count). The number of aliphatic carboxylic acids is 1. The number of carboxylic acid groups (broad SMARTS) is 1. The van der Waals surface area contributed by atoms with Crippen LogP contribution in [-0.2, 0) is 4.79 Å². The maximum atomic E-state index is 12.2. The first-order valence-corrected chi connectivity index (χ1v) is 6.79. The fraction of sp³-hybridized carbons (Fsp3) is 0.846. The van der Waals surface area contributed by atoms with Gasteiger partial charge in [-0.15, -0.1) is 0 Å². The number of hydrogen-bond donors (Lipinski definition) is 1. The summed E-state index contributed by atoms with van der Waals surface area (Å²) in [5.74, 6) is -1.00. The Morgan fingerprint density at radius 1 is 1.28 bits per heavy atom. The Morgan fingerprint density at radius 3 is 2.50 bits per heavy atom. The lowest BCUT2D eigenvalue weighted by atomic mass is 9.87. The molecule has 0 aromatic rings. The highest BCUT2D eigenvalue weighted by Crippen LogP contribution is 2.27. The molecule has 0 bridgehead atoms. The molecule has 0 saturated carbocycles. The Balaban J connectivity index is 1.84. The smallest absolute Gasteiger partial charge is 0.320 e. The molecule has 0 aromatic heterocycles. The van der Waals surface area contributed by atoms with Crippen LogP contribution >= 0.6 is 0 Å². The van der Waals surface area contributed by atoms with Crippen LogP contribution in [0.25, 0.3) is 0 Å². The Morgan fingerprint density at radius 2 is 1.94 bits per heavy atom. The standard InChI is InChI=1S/C13H22N2O3/c1-9-5-3-4-6-15(9)13(18)14-7-11(8-14)10(2)12(16)17/h9-11H,3-8H2,1-2H3,(H,16,17). The predicted molar refractivity (Wildman–Crippen MR) is 67.3 cm³/mol. The molecule has 18 heavy (non-hydrogen) atoms. The van der Waals surface area contributed by atoms with Crippen LogP contribution in [0.2, 0.25) is 0 Å². The van der Waals surface area contributed by atoms with Crippen molar-refractivity contribution < 1.29 is 14.7 Å². The van der Waals surface area contributed by atoms with Gasteiger partial charge in [0.05, 0.1) is 5.92 Å². The van der Waals surface area contributed by atoms with E-state index in [4.69, 9.17) is 5.11 Å². The normalized spacial score (nSPS) is 26.7. The van der Waals surface area contributed by atoms with Gasteiger partial charge in [-0.3, -0.25) is 4.79 Å². The second-order valence-electron chi connectivity index (χ2n) is 5.61. The quantitative estimate of drug-likeness (QED) is 0.814. The van der Waals surface area contributed by atoms with Gasteiger partial charge in [0.25, 0.3) is 0 Å². The van der Waals surface area contributed by atoms with Gasteiger partial charge in [-0.05, 0) is 26.2 Å². The van der Waals surface area contributed by atoms with Crippen molar-refractivity contribution in [3.8, 4) is 0 Å². The first-order chi connectivity index (χ1) is 8.50. The summed E-state index contributed by atoms with van der Waals surface area (Å²) in [4.78, 5) is 26.8. The van der Waals surface area contributed by atoms with Crippen molar-refractivity contribution in [3.63, 3.8) is 0 Å². The fourth-order valence-corrected chi connectivity index (χ4v) is 2.75. The van der Waals surface area contributed by atoms with Crippen LogP contribution in [0.1, 0.15) is 33.1 Å². The van der Waals surface area contributed by atoms with Gasteiger partial charge in [0.2, 0.25) is 0 Å². The highest BCUT2D eigenvalue weighted by atomic mass is 16.4. The number of amides is 2. The average molecular weight is 254 g/mol. The number of carboxylic acids is 1. The molecule has 102 valence electrons. The van der Waals surface area contributed by atoms with Crippen molar-refractivity contribution in [1.82, 2.24) is 9.80 Å². The van der Waals surface area contributed by atoms with Crippen LogP contribution in [0, 0.1) is 11.8 Å². The van der Waals surface area contributed by atoms with E-state index in [0.29, 0.717) is 19.1 Å². The fourth-order valence-electron chi connectivity index (χ4n) is 2.75. The molecule has 2 saturated heterocycles. The Labute approximate surface area is 108 Å². The van der Waals surface area contributed by atoms with Crippen LogP contribution < -0.4 is 0 Å². The van der Waals surface area contributed by atoms with Crippen LogP contribution in [0.4, 0.5) is 4.79 Å². The maximum Gasteiger partial charge on any atom is 0.320 e. The Kier molecular flexibility index (Phi) is 3.78. The number of carbonyl (C=O) groups excluding carboxylic acids is 1. The summed E-state index contributed by atoms with van der Waals surface area (Å²) in [5.41, 5.74) is 0. The van der Waals surface area contributed by atoms with Crippen molar-refractivity contribution in [2.45, 2.75) is 39.2 Å². The predicted octanol–water partition coefficient (Wildman–Crippen LogP) is 1.63. The highest BCUT2D eigenvalue weighted by molar-refractivity contribution is 5.76. The molecule has 5 nitrogen and oxygen atoms in total.